The number of rotatable bonds is 6. The van der Waals surface area contributed by atoms with Crippen molar-refractivity contribution in [2.45, 2.75) is 24.0 Å². The third kappa shape index (κ3) is 3.80. The van der Waals surface area contributed by atoms with Gasteiger partial charge in [0.2, 0.25) is 0 Å². The molecule has 3 N–H and O–H groups in total. The molecule has 0 aliphatic heterocycles. The largest absolute Gasteiger partial charge is 0.479 e. The van der Waals surface area contributed by atoms with Crippen molar-refractivity contribution >= 4 is 17.7 Å². The van der Waals surface area contributed by atoms with Crippen molar-refractivity contribution in [1.29, 1.82) is 0 Å². The molecule has 0 aliphatic rings. The number of nitrogens with zero attached hydrogens (tertiary/aromatic N) is 1. The van der Waals surface area contributed by atoms with Crippen LogP contribution in [0.5, 0.6) is 0 Å². The quantitative estimate of drug-likeness (QED) is 0.482. The molecule has 1 rings (SSSR count). The van der Waals surface area contributed by atoms with E-state index in [-0.39, 0.29) is 6.42 Å². The summed E-state index contributed by atoms with van der Waals surface area (Å²) in [5.41, 5.74) is 0. The Balaban J connectivity index is 2.08. The molecule has 0 radical (unpaired) electrons. The van der Waals surface area contributed by atoms with Crippen molar-refractivity contribution in [3.63, 3.8) is 0 Å². The Morgan fingerprint density at radius 2 is 2.50 bits per heavy atom. The summed E-state index contributed by atoms with van der Waals surface area (Å²) < 4.78 is 0. The monoisotopic (exact) mass is 216 g/mol. The van der Waals surface area contributed by atoms with E-state index < -0.39 is 12.1 Å². The van der Waals surface area contributed by atoms with Gasteiger partial charge in [0.1, 0.15) is 0 Å². The maximum Gasteiger partial charge on any atom is 0.332 e. The average Bonchev–Trinajstić information content (AvgIpc) is 2.64. The number of carboxylic acids is 1. The summed E-state index contributed by atoms with van der Waals surface area (Å²) in [6, 6.07) is 0. The molecule has 1 unspecified atom stereocenters. The van der Waals surface area contributed by atoms with Crippen LogP contribution in [-0.2, 0) is 4.79 Å². The molecule has 1 aromatic heterocycles. The van der Waals surface area contributed by atoms with Gasteiger partial charge in [-0.15, -0.1) is 11.8 Å². The lowest BCUT2D eigenvalue weighted by molar-refractivity contribution is -0.146. The highest BCUT2D eigenvalue weighted by atomic mass is 32.2. The van der Waals surface area contributed by atoms with Crippen LogP contribution >= 0.6 is 11.8 Å². The molecule has 78 valence electrons. The molecule has 5 nitrogen and oxygen atoms in total. The number of carboxylic acid groups (broad SMARTS) is 1. The first-order valence-corrected chi connectivity index (χ1v) is 5.20. The summed E-state index contributed by atoms with van der Waals surface area (Å²) >= 11 is 1.56. The first-order valence-electron chi connectivity index (χ1n) is 4.22. The summed E-state index contributed by atoms with van der Waals surface area (Å²) in [5.74, 6) is -0.386. The van der Waals surface area contributed by atoms with Crippen LogP contribution in [0.25, 0.3) is 0 Å². The Hall–Kier alpha value is -1.01. The smallest absolute Gasteiger partial charge is 0.332 e. The fourth-order valence-electron chi connectivity index (χ4n) is 0.904. The molecule has 1 heterocycles. The fourth-order valence-corrected chi connectivity index (χ4v) is 1.71. The number of aromatic amines is 1. The molecule has 0 spiro atoms. The van der Waals surface area contributed by atoms with E-state index in [0.29, 0.717) is 6.42 Å². The molecule has 0 saturated heterocycles. The minimum Gasteiger partial charge on any atom is -0.479 e. The van der Waals surface area contributed by atoms with Gasteiger partial charge in [-0.05, 0) is 18.6 Å². The predicted octanol–water partition coefficient (Wildman–Crippen LogP) is 0.728. The zero-order valence-electron chi connectivity index (χ0n) is 7.51. The van der Waals surface area contributed by atoms with Gasteiger partial charge in [-0.3, -0.25) is 0 Å². The number of imidazole rings is 1. The number of H-pyrrole nitrogens is 1. The van der Waals surface area contributed by atoms with Gasteiger partial charge in [0.05, 0.1) is 17.6 Å². The van der Waals surface area contributed by atoms with E-state index in [4.69, 9.17) is 10.2 Å². The zero-order valence-corrected chi connectivity index (χ0v) is 8.33. The van der Waals surface area contributed by atoms with E-state index in [0.717, 1.165) is 10.8 Å². The van der Waals surface area contributed by atoms with E-state index in [1.807, 2.05) is 0 Å². The highest BCUT2D eigenvalue weighted by Gasteiger charge is 2.11. The molecular weight excluding hydrogens is 204 g/mol. The number of carbonyl (C=O) groups is 1. The SMILES string of the molecule is O=C(O)C(O)CCCSc1cnc[nH]1. The van der Waals surface area contributed by atoms with Crippen molar-refractivity contribution < 1.29 is 15.0 Å². The first kappa shape index (κ1) is 11.1. The fraction of sp³-hybridized carbons (Fsp3) is 0.500. The topological polar surface area (TPSA) is 86.2 Å². The summed E-state index contributed by atoms with van der Waals surface area (Å²) in [4.78, 5) is 17.0. The molecule has 0 fully saturated rings. The average molecular weight is 216 g/mol. The molecule has 1 atom stereocenters. The van der Waals surface area contributed by atoms with E-state index in [9.17, 15) is 4.79 Å². The Labute approximate surface area is 85.6 Å². The number of aromatic nitrogens is 2. The van der Waals surface area contributed by atoms with Crippen molar-refractivity contribution in [3.05, 3.63) is 12.5 Å². The van der Waals surface area contributed by atoms with E-state index in [1.54, 1.807) is 24.3 Å². The Morgan fingerprint density at radius 3 is 3.07 bits per heavy atom. The van der Waals surface area contributed by atoms with Crippen LogP contribution in [0, 0.1) is 0 Å². The normalized spacial score (nSPS) is 12.6. The molecular formula is C8H12N2O3S. The number of hydrogen-bond donors (Lipinski definition) is 3. The van der Waals surface area contributed by atoms with Crippen molar-refractivity contribution in [2.75, 3.05) is 5.75 Å². The lowest BCUT2D eigenvalue weighted by Gasteiger charge is -2.03. The summed E-state index contributed by atoms with van der Waals surface area (Å²) in [5, 5.41) is 18.3. The van der Waals surface area contributed by atoms with Crippen LogP contribution in [0.15, 0.2) is 17.6 Å². The maximum absolute atomic E-state index is 10.2. The molecule has 6 heteroatoms. The van der Waals surface area contributed by atoms with Gasteiger partial charge in [0.15, 0.2) is 6.10 Å². The number of nitrogens with one attached hydrogen (secondary N) is 1. The minimum atomic E-state index is -1.24. The number of aliphatic hydroxyl groups excluding tert-OH is 1. The van der Waals surface area contributed by atoms with Crippen molar-refractivity contribution in [3.8, 4) is 0 Å². The molecule has 0 amide bonds. The lowest BCUT2D eigenvalue weighted by Crippen LogP contribution is -2.19. The van der Waals surface area contributed by atoms with E-state index in [1.165, 1.54) is 0 Å². The molecule has 14 heavy (non-hydrogen) atoms. The van der Waals surface area contributed by atoms with Gasteiger partial charge < -0.3 is 15.2 Å². The van der Waals surface area contributed by atoms with Gasteiger partial charge in [-0.25, -0.2) is 9.78 Å². The van der Waals surface area contributed by atoms with E-state index in [2.05, 4.69) is 9.97 Å². The third-order valence-electron chi connectivity index (χ3n) is 1.64. The van der Waals surface area contributed by atoms with Crippen LogP contribution in [0.4, 0.5) is 0 Å². The van der Waals surface area contributed by atoms with Gasteiger partial charge in [0.25, 0.3) is 0 Å². The second-order valence-electron chi connectivity index (χ2n) is 2.76. The van der Waals surface area contributed by atoms with Crippen LogP contribution in [0.1, 0.15) is 12.8 Å². The second kappa shape index (κ2) is 5.66. The number of aliphatic carboxylic acids is 1. The number of hydrogen-bond acceptors (Lipinski definition) is 4. The Morgan fingerprint density at radius 1 is 1.71 bits per heavy atom. The van der Waals surface area contributed by atoms with E-state index >= 15 is 0 Å². The van der Waals surface area contributed by atoms with Gasteiger partial charge in [-0.1, -0.05) is 0 Å². The van der Waals surface area contributed by atoms with Gasteiger partial charge in [-0.2, -0.15) is 0 Å². The second-order valence-corrected chi connectivity index (χ2v) is 3.90. The lowest BCUT2D eigenvalue weighted by atomic mass is 10.2. The van der Waals surface area contributed by atoms with Crippen LogP contribution < -0.4 is 0 Å². The van der Waals surface area contributed by atoms with Gasteiger partial charge >= 0.3 is 5.97 Å². The van der Waals surface area contributed by atoms with Crippen LogP contribution in [-0.4, -0.2) is 38.0 Å². The predicted molar refractivity (Wildman–Crippen MR) is 52.2 cm³/mol. The minimum absolute atomic E-state index is 0.288. The van der Waals surface area contributed by atoms with Crippen molar-refractivity contribution in [1.82, 2.24) is 9.97 Å². The highest BCUT2D eigenvalue weighted by molar-refractivity contribution is 7.99. The molecule has 1 aromatic rings. The molecule has 0 saturated carbocycles. The molecule has 0 bridgehead atoms. The van der Waals surface area contributed by atoms with Crippen molar-refractivity contribution in [2.24, 2.45) is 0 Å². The van der Waals surface area contributed by atoms with Gasteiger partial charge in [0, 0.05) is 0 Å². The maximum atomic E-state index is 10.2. The summed E-state index contributed by atoms with van der Waals surface area (Å²) in [7, 11) is 0. The zero-order chi connectivity index (χ0) is 10.4. The molecule has 0 aliphatic carbocycles. The number of thioether (sulfide) groups is 1. The Kier molecular flexibility index (Phi) is 4.48. The molecule has 0 aromatic carbocycles. The summed E-state index contributed by atoms with van der Waals surface area (Å²) in [6.45, 7) is 0. The van der Waals surface area contributed by atoms with Crippen LogP contribution in [0.2, 0.25) is 0 Å². The third-order valence-corrected chi connectivity index (χ3v) is 2.66. The first-order chi connectivity index (χ1) is 6.70. The highest BCUT2D eigenvalue weighted by Crippen LogP contribution is 2.15. The number of aliphatic hydroxyl groups is 1. The summed E-state index contributed by atoms with van der Waals surface area (Å²) in [6.07, 6.45) is 3.01. The Bertz CT molecular complexity index is 276. The van der Waals surface area contributed by atoms with Crippen LogP contribution in [0.3, 0.4) is 0 Å². The standard InChI is InChI=1S/C8H12N2O3S/c11-6(8(12)13)2-1-3-14-7-4-9-5-10-7/h4-6,11H,1-3H2,(H,9,10)(H,12,13).